The Labute approximate surface area is 97.3 Å². The molecular weight excluding hydrogens is 222 g/mol. The van der Waals surface area contributed by atoms with E-state index in [1.807, 2.05) is 0 Å². The fourth-order valence-corrected chi connectivity index (χ4v) is 1.43. The summed E-state index contributed by atoms with van der Waals surface area (Å²) in [5, 5.41) is 18.1. The lowest BCUT2D eigenvalue weighted by molar-refractivity contribution is -0.137. The van der Waals surface area contributed by atoms with Gasteiger partial charge in [-0.2, -0.15) is 0 Å². The molecule has 0 atom stereocenters. The van der Waals surface area contributed by atoms with E-state index >= 15 is 0 Å². The zero-order chi connectivity index (χ0) is 12.3. The minimum atomic E-state index is -0.884. The Morgan fingerprint density at radius 2 is 2.12 bits per heavy atom. The van der Waals surface area contributed by atoms with Crippen LogP contribution in [0.25, 0.3) is 11.5 Å². The first-order valence-corrected chi connectivity index (χ1v) is 5.11. The molecule has 17 heavy (non-hydrogen) atoms. The van der Waals surface area contributed by atoms with Gasteiger partial charge in [-0.3, -0.25) is 4.79 Å². The van der Waals surface area contributed by atoms with Crippen LogP contribution in [0.5, 0.6) is 5.75 Å². The van der Waals surface area contributed by atoms with Gasteiger partial charge in [-0.15, -0.1) is 0 Å². The SMILES string of the molecule is O=C(O)CCc1cnc(-c2ccccc2O)o1. The number of nitrogens with zero attached hydrogens (tertiary/aromatic N) is 1. The second kappa shape index (κ2) is 4.69. The zero-order valence-corrected chi connectivity index (χ0v) is 8.96. The molecule has 0 fully saturated rings. The zero-order valence-electron chi connectivity index (χ0n) is 8.96. The summed E-state index contributed by atoms with van der Waals surface area (Å²) >= 11 is 0. The quantitative estimate of drug-likeness (QED) is 0.844. The van der Waals surface area contributed by atoms with Crippen molar-refractivity contribution in [1.29, 1.82) is 0 Å². The highest BCUT2D eigenvalue weighted by Crippen LogP contribution is 2.28. The maximum atomic E-state index is 10.4. The molecule has 5 heteroatoms. The lowest BCUT2D eigenvalue weighted by Crippen LogP contribution is -1.96. The van der Waals surface area contributed by atoms with Gasteiger partial charge in [-0.1, -0.05) is 12.1 Å². The normalized spacial score (nSPS) is 10.4. The number of hydrogen-bond acceptors (Lipinski definition) is 4. The molecule has 88 valence electrons. The van der Waals surface area contributed by atoms with E-state index in [0.29, 0.717) is 17.2 Å². The van der Waals surface area contributed by atoms with E-state index in [1.165, 1.54) is 12.3 Å². The number of aryl methyl sites for hydroxylation is 1. The molecule has 0 aliphatic carbocycles. The second-order valence-corrected chi connectivity index (χ2v) is 3.54. The minimum Gasteiger partial charge on any atom is -0.507 e. The number of hydrogen-bond donors (Lipinski definition) is 2. The van der Waals surface area contributed by atoms with Crippen LogP contribution in [0.15, 0.2) is 34.9 Å². The molecule has 0 bridgehead atoms. The van der Waals surface area contributed by atoms with Crippen LogP contribution in [0.4, 0.5) is 0 Å². The molecule has 0 radical (unpaired) electrons. The third-order valence-electron chi connectivity index (χ3n) is 2.27. The second-order valence-electron chi connectivity index (χ2n) is 3.54. The summed E-state index contributed by atoms with van der Waals surface area (Å²) in [6.45, 7) is 0. The van der Waals surface area contributed by atoms with Crippen LogP contribution < -0.4 is 0 Å². The largest absolute Gasteiger partial charge is 0.507 e. The van der Waals surface area contributed by atoms with Crippen molar-refractivity contribution in [2.75, 3.05) is 0 Å². The molecule has 0 spiro atoms. The Hall–Kier alpha value is -2.30. The highest BCUT2D eigenvalue weighted by atomic mass is 16.4. The highest BCUT2D eigenvalue weighted by molar-refractivity contribution is 5.67. The summed E-state index contributed by atoms with van der Waals surface area (Å²) in [5.74, 6) is -0.0150. The monoisotopic (exact) mass is 233 g/mol. The van der Waals surface area contributed by atoms with Gasteiger partial charge in [0, 0.05) is 6.42 Å². The van der Waals surface area contributed by atoms with Crippen molar-refractivity contribution in [3.63, 3.8) is 0 Å². The van der Waals surface area contributed by atoms with E-state index in [1.54, 1.807) is 18.2 Å². The lowest BCUT2D eigenvalue weighted by Gasteiger charge is -1.98. The number of aromatic hydroxyl groups is 1. The van der Waals surface area contributed by atoms with Crippen LogP contribution in [0.1, 0.15) is 12.2 Å². The minimum absolute atomic E-state index is 0.00456. The molecule has 0 saturated heterocycles. The lowest BCUT2D eigenvalue weighted by atomic mass is 10.2. The Kier molecular flexibility index (Phi) is 3.09. The van der Waals surface area contributed by atoms with E-state index < -0.39 is 5.97 Å². The fourth-order valence-electron chi connectivity index (χ4n) is 1.43. The Bertz CT molecular complexity index is 533. The predicted molar refractivity (Wildman–Crippen MR) is 59.6 cm³/mol. The standard InChI is InChI=1S/C12H11NO4/c14-10-4-2-1-3-9(10)12-13-7-8(17-12)5-6-11(15)16/h1-4,7,14H,5-6H2,(H,15,16). The van der Waals surface area contributed by atoms with Gasteiger partial charge in [0.1, 0.15) is 11.5 Å². The molecule has 2 N–H and O–H groups in total. The fraction of sp³-hybridized carbons (Fsp3) is 0.167. The number of carbonyl (C=O) groups is 1. The van der Waals surface area contributed by atoms with Gasteiger partial charge in [0.05, 0.1) is 18.2 Å². The van der Waals surface area contributed by atoms with Gasteiger partial charge >= 0.3 is 5.97 Å². The van der Waals surface area contributed by atoms with E-state index in [4.69, 9.17) is 9.52 Å². The number of oxazole rings is 1. The van der Waals surface area contributed by atoms with Crippen LogP contribution >= 0.6 is 0 Å². The first-order valence-electron chi connectivity index (χ1n) is 5.11. The summed E-state index contributed by atoms with van der Waals surface area (Å²) in [4.78, 5) is 14.4. The summed E-state index contributed by atoms with van der Waals surface area (Å²) < 4.78 is 5.37. The van der Waals surface area contributed by atoms with Gasteiger partial charge in [-0.25, -0.2) is 4.98 Å². The molecule has 2 aromatic rings. The van der Waals surface area contributed by atoms with Gasteiger partial charge in [0.2, 0.25) is 5.89 Å². The van der Waals surface area contributed by atoms with Gasteiger partial charge in [0.15, 0.2) is 0 Å². The van der Waals surface area contributed by atoms with Crippen molar-refractivity contribution in [3.05, 3.63) is 36.2 Å². The molecule has 0 saturated carbocycles. The van der Waals surface area contributed by atoms with Gasteiger partial charge < -0.3 is 14.6 Å². The Balaban J connectivity index is 2.18. The number of rotatable bonds is 4. The number of phenolic OH excluding ortho intramolecular Hbond substituents is 1. The summed E-state index contributed by atoms with van der Waals surface area (Å²) in [7, 11) is 0. The number of para-hydroxylation sites is 1. The first-order chi connectivity index (χ1) is 8.16. The first kappa shape index (κ1) is 11.2. The van der Waals surface area contributed by atoms with Crippen molar-refractivity contribution in [3.8, 4) is 17.2 Å². The van der Waals surface area contributed by atoms with Crippen LogP contribution in [-0.4, -0.2) is 21.2 Å². The van der Waals surface area contributed by atoms with Gasteiger partial charge in [-0.05, 0) is 12.1 Å². The smallest absolute Gasteiger partial charge is 0.303 e. The molecule has 5 nitrogen and oxygen atoms in total. The summed E-state index contributed by atoms with van der Waals surface area (Å²) in [6, 6.07) is 6.68. The summed E-state index contributed by atoms with van der Waals surface area (Å²) in [6.07, 6.45) is 1.76. The molecular formula is C12H11NO4. The molecule has 1 heterocycles. The van der Waals surface area contributed by atoms with Crippen LogP contribution in [-0.2, 0) is 11.2 Å². The third-order valence-corrected chi connectivity index (χ3v) is 2.27. The third kappa shape index (κ3) is 2.63. The maximum absolute atomic E-state index is 10.4. The number of phenols is 1. The number of aliphatic carboxylic acids is 1. The summed E-state index contributed by atoms with van der Waals surface area (Å²) in [5.41, 5.74) is 0.495. The molecule has 0 aliphatic heterocycles. The molecule has 0 aliphatic rings. The predicted octanol–water partition coefficient (Wildman–Crippen LogP) is 2.06. The highest BCUT2D eigenvalue weighted by Gasteiger charge is 2.10. The number of carboxylic acid groups (broad SMARTS) is 1. The molecule has 0 amide bonds. The topological polar surface area (TPSA) is 83.6 Å². The number of carboxylic acids is 1. The van der Waals surface area contributed by atoms with Crippen molar-refractivity contribution in [1.82, 2.24) is 4.98 Å². The van der Waals surface area contributed by atoms with E-state index in [9.17, 15) is 9.90 Å². The van der Waals surface area contributed by atoms with E-state index in [2.05, 4.69) is 4.98 Å². The van der Waals surface area contributed by atoms with Crippen molar-refractivity contribution < 1.29 is 19.4 Å². The van der Waals surface area contributed by atoms with Crippen molar-refractivity contribution in [2.45, 2.75) is 12.8 Å². The van der Waals surface area contributed by atoms with Gasteiger partial charge in [0.25, 0.3) is 0 Å². The molecule has 2 rings (SSSR count). The Morgan fingerprint density at radius 3 is 2.82 bits per heavy atom. The van der Waals surface area contributed by atoms with Crippen LogP contribution in [0, 0.1) is 0 Å². The molecule has 0 unspecified atom stereocenters. The van der Waals surface area contributed by atoms with Crippen LogP contribution in [0.3, 0.4) is 0 Å². The van der Waals surface area contributed by atoms with E-state index in [-0.39, 0.29) is 18.6 Å². The average molecular weight is 233 g/mol. The number of benzene rings is 1. The molecule has 1 aromatic heterocycles. The maximum Gasteiger partial charge on any atom is 0.303 e. The van der Waals surface area contributed by atoms with Crippen molar-refractivity contribution >= 4 is 5.97 Å². The molecule has 1 aromatic carbocycles. The average Bonchev–Trinajstić information content (AvgIpc) is 2.75. The van der Waals surface area contributed by atoms with Crippen LogP contribution in [0.2, 0.25) is 0 Å². The van der Waals surface area contributed by atoms with Crippen molar-refractivity contribution in [2.24, 2.45) is 0 Å². The van der Waals surface area contributed by atoms with E-state index in [0.717, 1.165) is 0 Å². The Morgan fingerprint density at radius 1 is 1.35 bits per heavy atom. The number of aromatic nitrogens is 1.